The summed E-state index contributed by atoms with van der Waals surface area (Å²) in [6.07, 6.45) is 0. The second kappa shape index (κ2) is 15.6. The first kappa shape index (κ1) is 37.9. The van der Waals surface area contributed by atoms with Crippen molar-refractivity contribution in [3.05, 3.63) is 237 Å². The van der Waals surface area contributed by atoms with E-state index >= 15 is 0 Å². The molecule has 0 bridgehead atoms. The minimum atomic E-state index is 0.853. The Morgan fingerprint density at radius 3 is 1.05 bits per heavy atom. The van der Waals surface area contributed by atoms with Crippen molar-refractivity contribution in [3.8, 4) is 0 Å². The second-order valence-electron chi connectivity index (χ2n) is 16.6. The molecule has 3 aromatic heterocycles. The summed E-state index contributed by atoms with van der Waals surface area (Å²) in [6.45, 7) is 0. The van der Waals surface area contributed by atoms with Crippen LogP contribution in [0.5, 0.6) is 0 Å². The van der Waals surface area contributed by atoms with Gasteiger partial charge in [0.1, 0.15) is 22.3 Å². The van der Waals surface area contributed by atoms with Crippen molar-refractivity contribution in [1.82, 2.24) is 0 Å². The number of anilines is 9. The van der Waals surface area contributed by atoms with Crippen molar-refractivity contribution >= 4 is 127 Å². The Hall–Kier alpha value is -8.58. The number of hydrogen-bond donors (Lipinski definition) is 0. The predicted octanol–water partition coefficient (Wildman–Crippen LogP) is 18.3. The Morgan fingerprint density at radius 1 is 0.227 bits per heavy atom. The largest absolute Gasteiger partial charge is 0.456 e. The zero-order valence-electron chi connectivity index (χ0n) is 35.6. The van der Waals surface area contributed by atoms with Crippen molar-refractivity contribution < 1.29 is 8.83 Å². The van der Waals surface area contributed by atoms with Gasteiger partial charge in [-0.3, -0.25) is 0 Å². The van der Waals surface area contributed by atoms with Gasteiger partial charge in [0.25, 0.3) is 0 Å². The van der Waals surface area contributed by atoms with Gasteiger partial charge < -0.3 is 23.5 Å². The summed E-state index contributed by atoms with van der Waals surface area (Å²) in [5.74, 6) is 0. The molecule has 0 saturated heterocycles. The van der Waals surface area contributed by atoms with E-state index in [4.69, 9.17) is 8.83 Å². The van der Waals surface area contributed by atoms with E-state index in [9.17, 15) is 0 Å². The van der Waals surface area contributed by atoms with Gasteiger partial charge in [-0.15, -0.1) is 11.3 Å². The van der Waals surface area contributed by atoms with Gasteiger partial charge in [0.05, 0.1) is 17.1 Å². The number of hydrogen-bond acceptors (Lipinski definition) is 6. The molecular formula is C60H39N3O2S. The van der Waals surface area contributed by atoms with E-state index in [2.05, 4.69) is 227 Å². The van der Waals surface area contributed by atoms with Crippen LogP contribution in [0.25, 0.3) is 64.0 Å². The van der Waals surface area contributed by atoms with Gasteiger partial charge in [-0.2, -0.15) is 0 Å². The van der Waals surface area contributed by atoms with Crippen molar-refractivity contribution in [2.24, 2.45) is 0 Å². The van der Waals surface area contributed by atoms with Crippen molar-refractivity contribution in [2.45, 2.75) is 0 Å². The van der Waals surface area contributed by atoms with Crippen LogP contribution in [0.2, 0.25) is 0 Å². The summed E-state index contributed by atoms with van der Waals surface area (Å²) in [5.41, 5.74) is 12.6. The first-order valence-corrected chi connectivity index (χ1v) is 23.0. The Labute approximate surface area is 384 Å². The molecule has 0 aliphatic carbocycles. The number of benzene rings is 10. The van der Waals surface area contributed by atoms with Gasteiger partial charge in [-0.05, 0) is 127 Å². The molecule has 0 spiro atoms. The molecule has 312 valence electrons. The lowest BCUT2D eigenvalue weighted by Crippen LogP contribution is -2.16. The standard InChI is InChI=1S/C60H39N3O2S/c1-4-16-40(17-5-1)61(43-28-31-57-52(37-43)49-22-10-13-25-55(49)64-57)46-34-47(62(41-18-6-2-7-19-41)44-29-32-58-53(38-44)50-23-11-14-26-56(50)65-58)36-48(35-46)63(42-20-8-3-9-21-42)45-30-33-60-54(39-45)51-24-12-15-27-59(51)66-60/h1-39H. The summed E-state index contributed by atoms with van der Waals surface area (Å²) < 4.78 is 15.3. The van der Waals surface area contributed by atoms with E-state index in [1.54, 1.807) is 0 Å². The lowest BCUT2D eigenvalue weighted by molar-refractivity contribution is 0.668. The van der Waals surface area contributed by atoms with Crippen molar-refractivity contribution in [2.75, 3.05) is 14.7 Å². The van der Waals surface area contributed by atoms with Gasteiger partial charge in [0.2, 0.25) is 0 Å². The highest BCUT2D eigenvalue weighted by molar-refractivity contribution is 7.25. The third-order valence-corrected chi connectivity index (χ3v) is 13.7. The molecule has 66 heavy (non-hydrogen) atoms. The number of nitrogens with zero attached hydrogens (tertiary/aromatic N) is 3. The third-order valence-electron chi connectivity index (χ3n) is 12.6. The average Bonchev–Trinajstić information content (AvgIpc) is 4.06. The van der Waals surface area contributed by atoms with Crippen molar-refractivity contribution in [1.29, 1.82) is 0 Å². The SMILES string of the molecule is c1ccc(N(c2cc(N(c3ccccc3)c3ccc4oc5ccccc5c4c3)cc(N(c3ccccc3)c3ccc4sc5ccccc5c4c3)c2)c2ccc3oc4ccccc4c3c2)cc1. The number of rotatable bonds is 9. The molecular weight excluding hydrogens is 827 g/mol. The van der Waals surface area contributed by atoms with E-state index < -0.39 is 0 Å². The highest BCUT2D eigenvalue weighted by atomic mass is 32.1. The number of fused-ring (bicyclic) bond motifs is 9. The fourth-order valence-corrected chi connectivity index (χ4v) is 10.7. The fourth-order valence-electron chi connectivity index (χ4n) is 9.60. The number of thiophene rings is 1. The van der Waals surface area contributed by atoms with Gasteiger partial charge >= 0.3 is 0 Å². The minimum Gasteiger partial charge on any atom is -0.456 e. The van der Waals surface area contributed by atoms with Crippen LogP contribution in [0.4, 0.5) is 51.2 Å². The molecule has 0 unspecified atom stereocenters. The lowest BCUT2D eigenvalue weighted by Gasteiger charge is -2.33. The van der Waals surface area contributed by atoms with Gasteiger partial charge in [0, 0.05) is 75.8 Å². The van der Waals surface area contributed by atoms with Crippen LogP contribution >= 0.6 is 11.3 Å². The molecule has 13 rings (SSSR count). The summed E-state index contributed by atoms with van der Waals surface area (Å²) in [7, 11) is 0. The van der Waals surface area contributed by atoms with Gasteiger partial charge in [-0.25, -0.2) is 0 Å². The Balaban J connectivity index is 1.10. The molecule has 13 aromatic rings. The first-order valence-electron chi connectivity index (χ1n) is 22.1. The molecule has 0 radical (unpaired) electrons. The van der Waals surface area contributed by atoms with E-state index in [0.29, 0.717) is 0 Å². The monoisotopic (exact) mass is 865 g/mol. The van der Waals surface area contributed by atoms with E-state index in [1.165, 1.54) is 20.2 Å². The van der Waals surface area contributed by atoms with Crippen LogP contribution in [0.15, 0.2) is 245 Å². The summed E-state index contributed by atoms with van der Waals surface area (Å²) >= 11 is 1.84. The number of para-hydroxylation sites is 5. The minimum absolute atomic E-state index is 0.853. The molecule has 0 amide bonds. The highest BCUT2D eigenvalue weighted by Crippen LogP contribution is 2.48. The van der Waals surface area contributed by atoms with Crippen LogP contribution in [0.3, 0.4) is 0 Å². The topological polar surface area (TPSA) is 36.0 Å². The van der Waals surface area contributed by atoms with Crippen LogP contribution < -0.4 is 14.7 Å². The first-order chi connectivity index (χ1) is 32.7. The average molecular weight is 866 g/mol. The highest BCUT2D eigenvalue weighted by Gasteiger charge is 2.24. The lowest BCUT2D eigenvalue weighted by atomic mass is 10.1. The van der Waals surface area contributed by atoms with E-state index in [-0.39, 0.29) is 0 Å². The summed E-state index contributed by atoms with van der Waals surface area (Å²) in [6, 6.07) is 84.2. The van der Waals surface area contributed by atoms with Crippen LogP contribution in [0, 0.1) is 0 Å². The predicted molar refractivity (Wildman–Crippen MR) is 278 cm³/mol. The van der Waals surface area contributed by atoms with Crippen LogP contribution in [0.1, 0.15) is 0 Å². The maximum Gasteiger partial charge on any atom is 0.135 e. The molecule has 0 saturated carbocycles. The molecule has 0 aliphatic rings. The molecule has 6 heteroatoms. The van der Waals surface area contributed by atoms with Crippen LogP contribution in [-0.4, -0.2) is 0 Å². The van der Waals surface area contributed by atoms with E-state index in [1.807, 2.05) is 35.6 Å². The smallest absolute Gasteiger partial charge is 0.135 e. The maximum absolute atomic E-state index is 6.36. The third kappa shape index (κ3) is 6.46. The normalized spacial score (nSPS) is 11.6. The summed E-state index contributed by atoms with van der Waals surface area (Å²) in [4.78, 5) is 7.12. The zero-order valence-corrected chi connectivity index (χ0v) is 36.4. The molecule has 0 fully saturated rings. The van der Waals surface area contributed by atoms with Crippen LogP contribution in [-0.2, 0) is 0 Å². The summed E-state index contributed by atoms with van der Waals surface area (Å²) in [5, 5.41) is 6.80. The van der Waals surface area contributed by atoms with Gasteiger partial charge in [-0.1, -0.05) is 109 Å². The Morgan fingerprint density at radius 2 is 0.576 bits per heavy atom. The zero-order chi connectivity index (χ0) is 43.6. The van der Waals surface area contributed by atoms with E-state index in [0.717, 1.165) is 95.1 Å². The van der Waals surface area contributed by atoms with Crippen molar-refractivity contribution in [3.63, 3.8) is 0 Å². The molecule has 0 atom stereocenters. The molecule has 10 aromatic carbocycles. The Kier molecular flexibility index (Phi) is 8.96. The molecule has 3 heterocycles. The van der Waals surface area contributed by atoms with Gasteiger partial charge in [0.15, 0.2) is 0 Å². The molecule has 5 nitrogen and oxygen atoms in total. The fraction of sp³-hybridized carbons (Fsp3) is 0. The quantitative estimate of drug-likeness (QED) is 0.144. The molecule has 0 aliphatic heterocycles. The second-order valence-corrected chi connectivity index (χ2v) is 17.6. The maximum atomic E-state index is 6.36. The molecule has 0 N–H and O–H groups in total. The number of furan rings is 2. The Bertz CT molecular complexity index is 3490.